The molecule has 0 unspecified atom stereocenters. The van der Waals surface area contributed by atoms with E-state index in [1.54, 1.807) is 0 Å². The maximum Gasteiger partial charge on any atom is 0.338 e. The van der Waals surface area contributed by atoms with Gasteiger partial charge in [0, 0.05) is 0 Å². The van der Waals surface area contributed by atoms with Gasteiger partial charge in [0.05, 0.1) is 25.2 Å². The first-order valence-electron chi connectivity index (χ1n) is 4.34. The van der Waals surface area contributed by atoms with Crippen molar-refractivity contribution in [1.29, 1.82) is 5.26 Å². The van der Waals surface area contributed by atoms with E-state index in [1.807, 2.05) is 6.07 Å². The van der Waals surface area contributed by atoms with Gasteiger partial charge in [0.2, 0.25) is 0 Å². The van der Waals surface area contributed by atoms with E-state index in [0.717, 1.165) is 0 Å². The molecule has 0 atom stereocenters. The van der Waals surface area contributed by atoms with Gasteiger partial charge in [-0.25, -0.2) is 9.18 Å². The first kappa shape index (κ1) is 11.2. The Hall–Kier alpha value is -1.89. The van der Waals surface area contributed by atoms with Gasteiger partial charge in [-0.3, -0.25) is 0 Å². The Balaban J connectivity index is 3.26. The molecule has 0 bridgehead atoms. The number of hydrogen-bond donors (Lipinski definition) is 0. The number of esters is 1. The van der Waals surface area contributed by atoms with Gasteiger partial charge in [-0.1, -0.05) is 0 Å². The fourth-order valence-electron chi connectivity index (χ4n) is 1.25. The number of carbonyl (C=O) groups is 1. The molecule has 4 heteroatoms. The van der Waals surface area contributed by atoms with Crippen LogP contribution in [0.15, 0.2) is 12.1 Å². The van der Waals surface area contributed by atoms with Gasteiger partial charge in [0.15, 0.2) is 0 Å². The highest BCUT2D eigenvalue weighted by Gasteiger charge is 2.14. The Kier molecular flexibility index (Phi) is 3.40. The van der Waals surface area contributed by atoms with Crippen LogP contribution in [-0.2, 0) is 11.2 Å². The van der Waals surface area contributed by atoms with Crippen LogP contribution in [0.3, 0.4) is 0 Å². The lowest BCUT2D eigenvalue weighted by Gasteiger charge is -2.06. The zero-order valence-corrected chi connectivity index (χ0v) is 8.50. The largest absolute Gasteiger partial charge is 0.465 e. The Morgan fingerprint density at radius 1 is 1.60 bits per heavy atom. The van der Waals surface area contributed by atoms with Crippen LogP contribution in [0.4, 0.5) is 4.39 Å². The van der Waals surface area contributed by atoms with Crippen LogP contribution in [0.2, 0.25) is 0 Å². The van der Waals surface area contributed by atoms with Crippen LogP contribution in [0.1, 0.15) is 21.5 Å². The van der Waals surface area contributed by atoms with E-state index in [2.05, 4.69) is 4.74 Å². The van der Waals surface area contributed by atoms with E-state index in [-0.39, 0.29) is 17.5 Å². The van der Waals surface area contributed by atoms with Crippen molar-refractivity contribution < 1.29 is 13.9 Å². The predicted octanol–water partition coefficient (Wildman–Crippen LogP) is 1.99. The lowest BCUT2D eigenvalue weighted by molar-refractivity contribution is 0.0599. The number of hydrogen-bond acceptors (Lipinski definition) is 3. The first-order chi connectivity index (χ1) is 7.10. The fourth-order valence-corrected chi connectivity index (χ4v) is 1.25. The number of benzene rings is 1. The van der Waals surface area contributed by atoms with Gasteiger partial charge in [0.25, 0.3) is 0 Å². The summed E-state index contributed by atoms with van der Waals surface area (Å²) in [6, 6.07) is 4.63. The molecule has 0 radical (unpaired) electrons. The molecule has 0 aromatic heterocycles. The minimum Gasteiger partial charge on any atom is -0.465 e. The minimum atomic E-state index is -0.591. The Morgan fingerprint density at radius 3 is 2.80 bits per heavy atom. The normalized spacial score (nSPS) is 9.47. The zero-order chi connectivity index (χ0) is 11.4. The third kappa shape index (κ3) is 2.32. The summed E-state index contributed by atoms with van der Waals surface area (Å²) in [6.07, 6.45) is 0.0706. The molecule has 1 rings (SSSR count). The Bertz CT molecular complexity index is 435. The molecule has 0 aliphatic heterocycles. The van der Waals surface area contributed by atoms with Crippen LogP contribution >= 0.6 is 0 Å². The molecular weight excluding hydrogens is 197 g/mol. The quantitative estimate of drug-likeness (QED) is 0.697. The van der Waals surface area contributed by atoms with Crippen molar-refractivity contribution in [2.75, 3.05) is 7.11 Å². The summed E-state index contributed by atoms with van der Waals surface area (Å²) in [7, 11) is 1.23. The summed E-state index contributed by atoms with van der Waals surface area (Å²) < 4.78 is 17.9. The highest BCUT2D eigenvalue weighted by Crippen LogP contribution is 2.17. The Morgan fingerprint density at radius 2 is 2.27 bits per heavy atom. The van der Waals surface area contributed by atoms with Crippen molar-refractivity contribution in [1.82, 2.24) is 0 Å². The standard InChI is InChI=1S/C11H10FNO2/c1-7-9(11(14)15-2)5-8(3-4-13)6-10(7)12/h5-6H,3H2,1-2H3. The maximum atomic E-state index is 13.3. The topological polar surface area (TPSA) is 50.1 Å². The number of methoxy groups -OCH3 is 1. The highest BCUT2D eigenvalue weighted by molar-refractivity contribution is 5.91. The van der Waals surface area contributed by atoms with Crippen molar-refractivity contribution in [2.24, 2.45) is 0 Å². The van der Waals surface area contributed by atoms with Gasteiger partial charge in [-0.05, 0) is 30.2 Å². The van der Waals surface area contributed by atoms with Gasteiger partial charge >= 0.3 is 5.97 Å². The molecule has 0 saturated carbocycles. The molecule has 0 saturated heterocycles. The monoisotopic (exact) mass is 207 g/mol. The van der Waals surface area contributed by atoms with Gasteiger partial charge in [0.1, 0.15) is 5.82 Å². The molecule has 3 nitrogen and oxygen atoms in total. The summed E-state index contributed by atoms with van der Waals surface area (Å²) in [5.74, 6) is -1.09. The van der Waals surface area contributed by atoms with Gasteiger partial charge < -0.3 is 4.74 Å². The molecule has 1 aromatic carbocycles. The molecular formula is C11H10FNO2. The summed E-state index contributed by atoms with van der Waals surface area (Å²) >= 11 is 0. The van der Waals surface area contributed by atoms with Crippen molar-refractivity contribution >= 4 is 5.97 Å². The van der Waals surface area contributed by atoms with Gasteiger partial charge in [-0.2, -0.15) is 5.26 Å². The smallest absolute Gasteiger partial charge is 0.338 e. The van der Waals surface area contributed by atoms with E-state index in [1.165, 1.54) is 26.2 Å². The summed E-state index contributed by atoms with van der Waals surface area (Å²) in [5.41, 5.74) is 0.882. The molecule has 0 aliphatic carbocycles. The van der Waals surface area contributed by atoms with E-state index in [0.29, 0.717) is 5.56 Å². The van der Waals surface area contributed by atoms with Crippen LogP contribution in [0, 0.1) is 24.1 Å². The molecule has 1 aromatic rings. The lowest BCUT2D eigenvalue weighted by Crippen LogP contribution is -2.06. The van der Waals surface area contributed by atoms with Gasteiger partial charge in [-0.15, -0.1) is 0 Å². The number of rotatable bonds is 2. The second kappa shape index (κ2) is 4.56. The number of nitrogens with zero attached hydrogens (tertiary/aromatic N) is 1. The molecule has 78 valence electrons. The van der Waals surface area contributed by atoms with Crippen LogP contribution in [-0.4, -0.2) is 13.1 Å². The molecule has 0 heterocycles. The fraction of sp³-hybridized carbons (Fsp3) is 0.273. The predicted molar refractivity (Wildman–Crippen MR) is 51.8 cm³/mol. The summed E-state index contributed by atoms with van der Waals surface area (Å²) in [6.45, 7) is 1.50. The van der Waals surface area contributed by atoms with Crippen LogP contribution in [0.5, 0.6) is 0 Å². The number of carbonyl (C=O) groups excluding carboxylic acids is 1. The van der Waals surface area contributed by atoms with Crippen molar-refractivity contribution in [2.45, 2.75) is 13.3 Å². The number of ether oxygens (including phenoxy) is 1. The molecule has 0 amide bonds. The van der Waals surface area contributed by atoms with E-state index >= 15 is 0 Å². The molecule has 0 N–H and O–H groups in total. The maximum absolute atomic E-state index is 13.3. The minimum absolute atomic E-state index is 0.0706. The number of halogens is 1. The van der Waals surface area contributed by atoms with Crippen LogP contribution < -0.4 is 0 Å². The lowest BCUT2D eigenvalue weighted by atomic mass is 10.0. The van der Waals surface area contributed by atoms with Crippen molar-refractivity contribution in [3.05, 3.63) is 34.6 Å². The third-order valence-electron chi connectivity index (χ3n) is 2.09. The average Bonchev–Trinajstić information content (AvgIpc) is 2.22. The number of nitriles is 1. The summed E-state index contributed by atoms with van der Waals surface area (Å²) in [5, 5.41) is 8.48. The second-order valence-electron chi connectivity index (χ2n) is 3.08. The molecule has 0 fully saturated rings. The Labute approximate surface area is 87.1 Å². The molecule has 15 heavy (non-hydrogen) atoms. The highest BCUT2D eigenvalue weighted by atomic mass is 19.1. The van der Waals surface area contributed by atoms with Crippen LogP contribution in [0.25, 0.3) is 0 Å². The third-order valence-corrected chi connectivity index (χ3v) is 2.09. The molecule has 0 spiro atoms. The molecule has 0 aliphatic rings. The zero-order valence-electron chi connectivity index (χ0n) is 8.50. The summed E-state index contributed by atoms with van der Waals surface area (Å²) in [4.78, 5) is 11.3. The first-order valence-corrected chi connectivity index (χ1v) is 4.34. The average molecular weight is 207 g/mol. The van der Waals surface area contributed by atoms with Crippen molar-refractivity contribution in [3.8, 4) is 6.07 Å². The SMILES string of the molecule is COC(=O)c1cc(CC#N)cc(F)c1C. The van der Waals surface area contributed by atoms with E-state index in [9.17, 15) is 9.18 Å². The second-order valence-corrected chi connectivity index (χ2v) is 3.08. The van der Waals surface area contributed by atoms with Crippen molar-refractivity contribution in [3.63, 3.8) is 0 Å². The van der Waals surface area contributed by atoms with E-state index < -0.39 is 11.8 Å². The van der Waals surface area contributed by atoms with E-state index in [4.69, 9.17) is 5.26 Å².